The zero-order chi connectivity index (χ0) is 12.1. The summed E-state index contributed by atoms with van der Waals surface area (Å²) in [6.07, 6.45) is -1.49. The lowest BCUT2D eigenvalue weighted by atomic mass is 9.97. The maximum atomic E-state index is 13.4. The highest BCUT2D eigenvalue weighted by Crippen LogP contribution is 2.12. The number of amides is 1. The van der Waals surface area contributed by atoms with Crippen molar-refractivity contribution in [1.82, 2.24) is 10.8 Å². The van der Waals surface area contributed by atoms with Gasteiger partial charge in [0.05, 0.1) is 6.61 Å². The Bertz CT molecular complexity index is 368. The fraction of sp³-hybridized carbons (Fsp3) is 0.417. The molecule has 1 aromatic carbocycles. The van der Waals surface area contributed by atoms with Crippen LogP contribution in [0.4, 0.5) is 4.39 Å². The highest BCUT2D eigenvalue weighted by molar-refractivity contribution is 5.80. The molecule has 2 N–H and O–H groups in total. The highest BCUT2D eigenvalue weighted by Gasteiger charge is 2.32. The van der Waals surface area contributed by atoms with Gasteiger partial charge in [-0.3, -0.25) is 9.63 Å². The largest absolute Gasteiger partial charge is 0.316 e. The fourth-order valence-electron chi connectivity index (χ4n) is 1.55. The second-order valence-electron chi connectivity index (χ2n) is 4.06. The van der Waals surface area contributed by atoms with Crippen LogP contribution in [-0.4, -0.2) is 25.2 Å². The van der Waals surface area contributed by atoms with Gasteiger partial charge in [0.2, 0.25) is 0 Å². The average molecular weight is 238 g/mol. The van der Waals surface area contributed by atoms with Gasteiger partial charge in [0.25, 0.3) is 5.91 Å². The summed E-state index contributed by atoms with van der Waals surface area (Å²) >= 11 is 0. The molecule has 0 bridgehead atoms. The van der Waals surface area contributed by atoms with Gasteiger partial charge in [0.15, 0.2) is 6.17 Å². The van der Waals surface area contributed by atoms with Crippen LogP contribution in [0.1, 0.15) is 5.56 Å². The highest BCUT2D eigenvalue weighted by atomic mass is 19.1. The second-order valence-corrected chi connectivity index (χ2v) is 4.06. The first-order chi connectivity index (χ1) is 8.27. The van der Waals surface area contributed by atoms with E-state index in [2.05, 4.69) is 10.8 Å². The molecule has 0 saturated carbocycles. The summed E-state index contributed by atoms with van der Waals surface area (Å²) < 4.78 is 13.4. The molecule has 1 fully saturated rings. The zero-order valence-electron chi connectivity index (χ0n) is 9.36. The smallest absolute Gasteiger partial charge is 0.278 e. The number of rotatable bonds is 5. The van der Waals surface area contributed by atoms with Crippen molar-refractivity contribution in [1.29, 1.82) is 0 Å². The first-order valence-corrected chi connectivity index (χ1v) is 5.57. The Balaban J connectivity index is 1.69. The Morgan fingerprint density at radius 3 is 2.76 bits per heavy atom. The monoisotopic (exact) mass is 238 g/mol. The van der Waals surface area contributed by atoms with E-state index in [0.717, 1.165) is 5.56 Å². The van der Waals surface area contributed by atoms with E-state index in [1.165, 1.54) is 0 Å². The Labute approximate surface area is 99.1 Å². The molecule has 1 aliphatic rings. The molecule has 1 saturated heterocycles. The van der Waals surface area contributed by atoms with Gasteiger partial charge < -0.3 is 5.32 Å². The van der Waals surface area contributed by atoms with Crippen LogP contribution in [-0.2, 0) is 16.2 Å². The minimum Gasteiger partial charge on any atom is -0.316 e. The number of halogens is 1. The van der Waals surface area contributed by atoms with E-state index >= 15 is 0 Å². The van der Waals surface area contributed by atoms with Gasteiger partial charge in [0.1, 0.15) is 0 Å². The van der Waals surface area contributed by atoms with Crippen LogP contribution in [0.25, 0.3) is 0 Å². The van der Waals surface area contributed by atoms with Crippen LogP contribution in [0.2, 0.25) is 0 Å². The minimum absolute atomic E-state index is 0.227. The van der Waals surface area contributed by atoms with Crippen molar-refractivity contribution in [2.75, 3.05) is 13.1 Å². The van der Waals surface area contributed by atoms with Crippen LogP contribution in [0.3, 0.4) is 0 Å². The summed E-state index contributed by atoms with van der Waals surface area (Å²) in [5.74, 6) is -0.928. The molecule has 2 rings (SSSR count). The van der Waals surface area contributed by atoms with Gasteiger partial charge >= 0.3 is 0 Å². The minimum atomic E-state index is -1.49. The number of carbonyl (C=O) groups is 1. The molecule has 0 radical (unpaired) electrons. The normalized spacial score (nSPS) is 17.2. The average Bonchev–Trinajstić information content (AvgIpc) is 2.28. The molecule has 0 aromatic heterocycles. The lowest BCUT2D eigenvalue weighted by Crippen LogP contribution is -2.51. The number of alkyl halides is 1. The molecule has 1 atom stereocenters. The maximum absolute atomic E-state index is 13.4. The van der Waals surface area contributed by atoms with Gasteiger partial charge in [-0.2, -0.15) is 0 Å². The van der Waals surface area contributed by atoms with Crippen molar-refractivity contribution in [3.63, 3.8) is 0 Å². The van der Waals surface area contributed by atoms with Gasteiger partial charge in [-0.15, -0.1) is 0 Å². The molecule has 1 aliphatic heterocycles. The van der Waals surface area contributed by atoms with Gasteiger partial charge in [-0.1, -0.05) is 30.3 Å². The number of hydrogen-bond donors (Lipinski definition) is 2. The number of carbonyl (C=O) groups excluding carboxylic acids is 1. The SMILES string of the molecule is O=C(NOCc1ccccc1)C(F)C1CNC1. The lowest BCUT2D eigenvalue weighted by molar-refractivity contribution is -0.142. The molecular weight excluding hydrogens is 223 g/mol. The summed E-state index contributed by atoms with van der Waals surface area (Å²) in [5, 5.41) is 2.92. The van der Waals surface area contributed by atoms with Gasteiger partial charge in [0, 0.05) is 19.0 Å². The van der Waals surface area contributed by atoms with Crippen LogP contribution >= 0.6 is 0 Å². The predicted octanol–water partition coefficient (Wildman–Crippen LogP) is 0.792. The summed E-state index contributed by atoms with van der Waals surface area (Å²) in [6.45, 7) is 1.34. The first kappa shape index (κ1) is 12.0. The van der Waals surface area contributed by atoms with E-state index in [1.807, 2.05) is 30.3 Å². The predicted molar refractivity (Wildman–Crippen MR) is 60.6 cm³/mol. The fourth-order valence-corrected chi connectivity index (χ4v) is 1.55. The Morgan fingerprint density at radius 1 is 1.47 bits per heavy atom. The van der Waals surface area contributed by atoms with Crippen LogP contribution in [0.15, 0.2) is 30.3 Å². The number of hydroxylamine groups is 1. The van der Waals surface area contributed by atoms with Crippen molar-refractivity contribution in [2.45, 2.75) is 12.8 Å². The summed E-state index contributed by atoms with van der Waals surface area (Å²) in [5.41, 5.74) is 3.06. The molecule has 5 heteroatoms. The van der Waals surface area contributed by atoms with Crippen LogP contribution in [0.5, 0.6) is 0 Å². The van der Waals surface area contributed by atoms with E-state index in [0.29, 0.717) is 13.1 Å². The van der Waals surface area contributed by atoms with E-state index < -0.39 is 12.1 Å². The molecule has 0 spiro atoms. The summed E-state index contributed by atoms with van der Waals surface area (Å²) in [7, 11) is 0. The summed E-state index contributed by atoms with van der Waals surface area (Å²) in [6, 6.07) is 9.38. The van der Waals surface area contributed by atoms with E-state index in [1.54, 1.807) is 0 Å². The van der Waals surface area contributed by atoms with Crippen molar-refractivity contribution in [3.05, 3.63) is 35.9 Å². The standard InChI is InChI=1S/C12H15FN2O2/c13-11(10-6-14-7-10)12(16)15-17-8-9-4-2-1-3-5-9/h1-5,10-11,14H,6-8H2,(H,15,16). The molecule has 17 heavy (non-hydrogen) atoms. The van der Waals surface area contributed by atoms with Crippen molar-refractivity contribution < 1.29 is 14.0 Å². The van der Waals surface area contributed by atoms with E-state index in [-0.39, 0.29) is 12.5 Å². The molecule has 1 heterocycles. The van der Waals surface area contributed by atoms with Crippen LogP contribution < -0.4 is 10.8 Å². The van der Waals surface area contributed by atoms with Crippen LogP contribution in [0, 0.1) is 5.92 Å². The van der Waals surface area contributed by atoms with E-state index in [9.17, 15) is 9.18 Å². The van der Waals surface area contributed by atoms with E-state index in [4.69, 9.17) is 4.84 Å². The van der Waals surface area contributed by atoms with Crippen molar-refractivity contribution in [2.24, 2.45) is 5.92 Å². The van der Waals surface area contributed by atoms with Crippen molar-refractivity contribution in [3.8, 4) is 0 Å². The molecule has 1 aromatic rings. The van der Waals surface area contributed by atoms with Crippen molar-refractivity contribution >= 4 is 5.91 Å². The summed E-state index contributed by atoms with van der Waals surface area (Å²) in [4.78, 5) is 16.3. The third-order valence-corrected chi connectivity index (χ3v) is 2.73. The topological polar surface area (TPSA) is 50.4 Å². The molecule has 92 valence electrons. The molecule has 1 amide bonds. The molecule has 0 aliphatic carbocycles. The lowest BCUT2D eigenvalue weighted by Gasteiger charge is -2.28. The van der Waals surface area contributed by atoms with Gasteiger partial charge in [-0.25, -0.2) is 9.87 Å². The quantitative estimate of drug-likeness (QED) is 0.746. The molecule has 4 nitrogen and oxygen atoms in total. The first-order valence-electron chi connectivity index (χ1n) is 5.57. The Kier molecular flexibility index (Phi) is 4.06. The zero-order valence-corrected chi connectivity index (χ0v) is 9.36. The number of hydrogen-bond acceptors (Lipinski definition) is 3. The molecule has 1 unspecified atom stereocenters. The Hall–Kier alpha value is -1.46. The number of nitrogens with one attached hydrogen (secondary N) is 2. The molecular formula is C12H15FN2O2. The second kappa shape index (κ2) is 5.75. The third-order valence-electron chi connectivity index (χ3n) is 2.73. The van der Waals surface area contributed by atoms with Gasteiger partial charge in [-0.05, 0) is 5.56 Å². The Morgan fingerprint density at radius 2 is 2.18 bits per heavy atom. The third kappa shape index (κ3) is 3.25. The maximum Gasteiger partial charge on any atom is 0.278 e. The number of benzene rings is 1.